The summed E-state index contributed by atoms with van der Waals surface area (Å²) in [6.07, 6.45) is 2.49. The van der Waals surface area contributed by atoms with Crippen LogP contribution in [0.3, 0.4) is 0 Å². The van der Waals surface area contributed by atoms with Crippen molar-refractivity contribution in [2.75, 3.05) is 13.1 Å². The topological polar surface area (TPSA) is 62.7 Å². The molecule has 2 rings (SSSR count). The number of hydrogen-bond donors (Lipinski definition) is 2. The quantitative estimate of drug-likeness (QED) is 0.291. The van der Waals surface area contributed by atoms with Crippen LogP contribution in [0, 0.1) is 6.92 Å². The summed E-state index contributed by atoms with van der Waals surface area (Å²) in [5, 5.41) is 6.67. The number of aliphatic imine (C=N–C) groups is 1. The van der Waals surface area contributed by atoms with Gasteiger partial charge in [-0.1, -0.05) is 12.2 Å². The Balaban J connectivity index is 0.00000288. The highest BCUT2D eigenvalue weighted by molar-refractivity contribution is 14.0. The van der Waals surface area contributed by atoms with E-state index in [0.29, 0.717) is 6.54 Å². The average Bonchev–Trinajstić information content (AvgIpc) is 3.16. The Kier molecular flexibility index (Phi) is 8.67. The van der Waals surface area contributed by atoms with Crippen molar-refractivity contribution in [3.05, 3.63) is 60.0 Å². The highest BCUT2D eigenvalue weighted by Gasteiger charge is 2.11. The van der Waals surface area contributed by atoms with E-state index < -0.39 is 0 Å². The van der Waals surface area contributed by atoms with E-state index in [-0.39, 0.29) is 30.0 Å². The Morgan fingerprint density at radius 1 is 1.33 bits per heavy atom. The zero-order valence-corrected chi connectivity index (χ0v) is 16.8. The minimum Gasteiger partial charge on any atom is -0.469 e. The Morgan fingerprint density at radius 3 is 2.71 bits per heavy atom. The van der Waals surface area contributed by atoms with Crippen molar-refractivity contribution >= 4 is 29.9 Å². The Bertz CT molecular complexity index is 647. The molecule has 2 heterocycles. The van der Waals surface area contributed by atoms with Gasteiger partial charge in [0.05, 0.1) is 18.8 Å². The van der Waals surface area contributed by atoms with Gasteiger partial charge >= 0.3 is 0 Å². The van der Waals surface area contributed by atoms with Gasteiger partial charge in [-0.3, -0.25) is 0 Å². The largest absolute Gasteiger partial charge is 0.469 e. The summed E-state index contributed by atoms with van der Waals surface area (Å²) in [5.41, 5.74) is 1.01. The summed E-state index contributed by atoms with van der Waals surface area (Å²) in [4.78, 5) is 4.54. The second kappa shape index (κ2) is 10.2. The molecule has 1 unspecified atom stereocenters. The molecule has 0 amide bonds. The zero-order valence-electron chi connectivity index (χ0n) is 14.5. The number of guanidine groups is 1. The van der Waals surface area contributed by atoms with E-state index in [0.717, 1.165) is 41.8 Å². The van der Waals surface area contributed by atoms with E-state index in [1.807, 2.05) is 45.0 Å². The molecular weight excluding hydrogens is 417 g/mol. The van der Waals surface area contributed by atoms with Crippen LogP contribution >= 0.6 is 24.0 Å². The van der Waals surface area contributed by atoms with E-state index >= 15 is 0 Å². The smallest absolute Gasteiger partial charge is 0.192 e. The molecule has 5 nitrogen and oxygen atoms in total. The minimum absolute atomic E-state index is 0. The summed E-state index contributed by atoms with van der Waals surface area (Å²) in [6.45, 7) is 11.2. The van der Waals surface area contributed by atoms with Crippen LogP contribution in [0.2, 0.25) is 0 Å². The van der Waals surface area contributed by atoms with E-state index in [1.54, 1.807) is 6.26 Å². The number of hydrogen-bond acceptors (Lipinski definition) is 3. The molecule has 0 fully saturated rings. The average molecular weight is 443 g/mol. The summed E-state index contributed by atoms with van der Waals surface area (Å²) < 4.78 is 11.0. The third kappa shape index (κ3) is 6.82. The summed E-state index contributed by atoms with van der Waals surface area (Å²) in [6, 6.07) is 7.83. The fourth-order valence-electron chi connectivity index (χ4n) is 2.09. The predicted molar refractivity (Wildman–Crippen MR) is 108 cm³/mol. The number of nitrogens with zero attached hydrogens (tertiary/aromatic N) is 1. The molecule has 0 aliphatic heterocycles. The van der Waals surface area contributed by atoms with Gasteiger partial charge in [-0.25, -0.2) is 4.99 Å². The second-order valence-corrected chi connectivity index (χ2v) is 5.69. The molecule has 0 aromatic carbocycles. The molecule has 0 aliphatic carbocycles. The normalized spacial score (nSPS) is 12.4. The van der Waals surface area contributed by atoms with Crippen LogP contribution in [0.4, 0.5) is 0 Å². The molecule has 2 aromatic heterocycles. The molecule has 2 aromatic rings. The molecule has 0 bridgehead atoms. The predicted octanol–water partition coefficient (Wildman–Crippen LogP) is 4.21. The standard InChI is InChI=1S/C18H25N3O2.HI/c1-13(2)12-20-18(19-10-9-16-6-5-11-22-16)21-15(4)17-8-7-14(3)23-17;/h5-8,11,15H,1,9-10,12H2,2-4H3,(H2,19,20,21);1H. The van der Waals surface area contributed by atoms with Gasteiger partial charge in [0, 0.05) is 13.0 Å². The van der Waals surface area contributed by atoms with Crippen LogP contribution in [0.15, 0.2) is 56.5 Å². The lowest BCUT2D eigenvalue weighted by Gasteiger charge is -2.17. The van der Waals surface area contributed by atoms with Crippen LogP contribution in [0.5, 0.6) is 0 Å². The van der Waals surface area contributed by atoms with Crippen LogP contribution < -0.4 is 10.6 Å². The van der Waals surface area contributed by atoms with Gasteiger partial charge < -0.3 is 19.5 Å². The number of rotatable bonds is 7. The lowest BCUT2D eigenvalue weighted by atomic mass is 10.2. The molecule has 0 radical (unpaired) electrons. The molecule has 0 saturated heterocycles. The van der Waals surface area contributed by atoms with Crippen molar-refractivity contribution in [2.24, 2.45) is 4.99 Å². The van der Waals surface area contributed by atoms with Gasteiger partial charge in [-0.2, -0.15) is 0 Å². The summed E-state index contributed by atoms with van der Waals surface area (Å²) in [5.74, 6) is 3.48. The van der Waals surface area contributed by atoms with Crippen LogP contribution in [0.1, 0.15) is 37.2 Å². The fraction of sp³-hybridized carbons (Fsp3) is 0.389. The van der Waals surface area contributed by atoms with Gasteiger partial charge in [0.15, 0.2) is 5.96 Å². The van der Waals surface area contributed by atoms with Crippen molar-refractivity contribution in [2.45, 2.75) is 33.2 Å². The van der Waals surface area contributed by atoms with E-state index in [4.69, 9.17) is 8.83 Å². The Labute approximate surface area is 160 Å². The minimum atomic E-state index is 0. The lowest BCUT2D eigenvalue weighted by molar-refractivity contribution is 0.441. The molecule has 24 heavy (non-hydrogen) atoms. The van der Waals surface area contributed by atoms with E-state index in [1.165, 1.54) is 0 Å². The third-order valence-corrected chi connectivity index (χ3v) is 3.29. The van der Waals surface area contributed by atoms with Gasteiger partial charge in [0.2, 0.25) is 0 Å². The van der Waals surface area contributed by atoms with Crippen molar-refractivity contribution in [1.82, 2.24) is 10.6 Å². The van der Waals surface area contributed by atoms with Crippen molar-refractivity contribution in [3.8, 4) is 0 Å². The first-order valence-electron chi connectivity index (χ1n) is 7.82. The molecule has 1 atom stereocenters. The van der Waals surface area contributed by atoms with Gasteiger partial charge in [-0.05, 0) is 45.0 Å². The number of halogens is 1. The van der Waals surface area contributed by atoms with Gasteiger partial charge in [0.25, 0.3) is 0 Å². The SMILES string of the molecule is C=C(C)CN=C(NCCc1ccco1)NC(C)c1ccc(C)o1.I. The van der Waals surface area contributed by atoms with Gasteiger partial charge in [0.1, 0.15) is 17.3 Å². The van der Waals surface area contributed by atoms with Crippen molar-refractivity contribution < 1.29 is 8.83 Å². The molecule has 0 spiro atoms. The molecular formula is C18H26IN3O2. The highest BCUT2D eigenvalue weighted by atomic mass is 127. The summed E-state index contributed by atoms with van der Waals surface area (Å²) >= 11 is 0. The number of nitrogens with one attached hydrogen (secondary N) is 2. The molecule has 0 saturated carbocycles. The maximum atomic E-state index is 5.66. The maximum Gasteiger partial charge on any atom is 0.192 e. The third-order valence-electron chi connectivity index (χ3n) is 3.29. The van der Waals surface area contributed by atoms with Gasteiger partial charge in [-0.15, -0.1) is 24.0 Å². The molecule has 6 heteroatoms. The first-order valence-corrected chi connectivity index (χ1v) is 7.82. The maximum absolute atomic E-state index is 5.66. The Hall–Kier alpha value is -1.70. The van der Waals surface area contributed by atoms with Crippen LogP contribution in [-0.2, 0) is 6.42 Å². The monoisotopic (exact) mass is 443 g/mol. The molecule has 132 valence electrons. The van der Waals surface area contributed by atoms with Crippen LogP contribution in [0.25, 0.3) is 0 Å². The Morgan fingerprint density at radius 2 is 2.12 bits per heavy atom. The number of aryl methyl sites for hydroxylation is 1. The molecule has 0 aliphatic rings. The highest BCUT2D eigenvalue weighted by Crippen LogP contribution is 2.15. The van der Waals surface area contributed by atoms with Crippen molar-refractivity contribution in [1.29, 1.82) is 0 Å². The lowest BCUT2D eigenvalue weighted by Crippen LogP contribution is -2.39. The van der Waals surface area contributed by atoms with Crippen molar-refractivity contribution in [3.63, 3.8) is 0 Å². The first kappa shape index (κ1) is 20.3. The summed E-state index contributed by atoms with van der Waals surface area (Å²) in [7, 11) is 0. The fourth-order valence-corrected chi connectivity index (χ4v) is 2.09. The first-order chi connectivity index (χ1) is 11.0. The number of furan rings is 2. The van der Waals surface area contributed by atoms with Crippen LogP contribution in [-0.4, -0.2) is 19.0 Å². The zero-order chi connectivity index (χ0) is 16.7. The van der Waals surface area contributed by atoms with E-state index in [9.17, 15) is 0 Å². The van der Waals surface area contributed by atoms with E-state index in [2.05, 4.69) is 22.2 Å². The molecule has 2 N–H and O–H groups in total. The second-order valence-electron chi connectivity index (χ2n) is 5.69.